The van der Waals surface area contributed by atoms with Crippen LogP contribution in [0, 0.1) is 0 Å². The van der Waals surface area contributed by atoms with E-state index >= 15 is 0 Å². The Balaban J connectivity index is 1.96. The van der Waals surface area contributed by atoms with Gasteiger partial charge >= 0.3 is 6.18 Å². The highest BCUT2D eigenvalue weighted by atomic mass is 32.2. The molecule has 2 aromatic rings. The van der Waals surface area contributed by atoms with Crippen LogP contribution in [0.25, 0.3) is 5.69 Å². The molecular formula is C14H15F3N4O2S. The van der Waals surface area contributed by atoms with Crippen molar-refractivity contribution in [1.29, 1.82) is 0 Å². The fourth-order valence-corrected chi connectivity index (χ4v) is 4.02. The van der Waals surface area contributed by atoms with Crippen molar-refractivity contribution >= 4 is 10.0 Å². The van der Waals surface area contributed by atoms with E-state index in [0.717, 1.165) is 16.8 Å². The molecule has 0 radical (unpaired) electrons. The van der Waals surface area contributed by atoms with Crippen molar-refractivity contribution in [2.75, 3.05) is 26.2 Å². The molecule has 130 valence electrons. The smallest absolute Gasteiger partial charge is 0.314 e. The van der Waals surface area contributed by atoms with Crippen molar-refractivity contribution in [1.82, 2.24) is 19.4 Å². The molecule has 10 heteroatoms. The molecule has 24 heavy (non-hydrogen) atoms. The first-order valence-corrected chi connectivity index (χ1v) is 8.67. The van der Waals surface area contributed by atoms with Gasteiger partial charge in [0.1, 0.15) is 0 Å². The normalized spacial score (nSPS) is 17.1. The Labute approximate surface area is 136 Å². The molecule has 0 aliphatic carbocycles. The number of hydrogen-bond acceptors (Lipinski definition) is 4. The number of nitrogens with zero attached hydrogens (tertiary/aromatic N) is 3. The second-order valence-electron chi connectivity index (χ2n) is 5.28. The summed E-state index contributed by atoms with van der Waals surface area (Å²) >= 11 is 0. The van der Waals surface area contributed by atoms with E-state index in [1.54, 1.807) is 0 Å². The van der Waals surface area contributed by atoms with Crippen LogP contribution in [0.2, 0.25) is 0 Å². The van der Waals surface area contributed by atoms with Gasteiger partial charge in [-0.15, -0.1) is 0 Å². The molecular weight excluding hydrogens is 345 g/mol. The molecule has 1 aliphatic heterocycles. The predicted molar refractivity (Wildman–Crippen MR) is 80.2 cm³/mol. The zero-order valence-electron chi connectivity index (χ0n) is 12.5. The van der Waals surface area contributed by atoms with E-state index in [1.165, 1.54) is 28.7 Å². The Bertz CT molecular complexity index is 809. The average molecular weight is 360 g/mol. The molecule has 0 bridgehead atoms. The lowest BCUT2D eigenvalue weighted by atomic mass is 10.2. The summed E-state index contributed by atoms with van der Waals surface area (Å²) in [6, 6.07) is 5.55. The number of sulfonamides is 1. The van der Waals surface area contributed by atoms with Gasteiger partial charge in [0.2, 0.25) is 0 Å². The minimum absolute atomic E-state index is 0.0656. The Hall–Kier alpha value is -1.91. The minimum Gasteiger partial charge on any atom is -0.314 e. The quantitative estimate of drug-likeness (QED) is 0.901. The van der Waals surface area contributed by atoms with Gasteiger partial charge in [0, 0.05) is 26.2 Å². The van der Waals surface area contributed by atoms with E-state index in [9.17, 15) is 21.6 Å². The fraction of sp³-hybridized carbons (Fsp3) is 0.357. The fourth-order valence-electron chi connectivity index (χ4n) is 2.49. The van der Waals surface area contributed by atoms with Gasteiger partial charge in [-0.2, -0.15) is 22.6 Å². The van der Waals surface area contributed by atoms with E-state index in [-0.39, 0.29) is 10.7 Å². The number of hydrogen-bond donors (Lipinski definition) is 1. The molecule has 1 N–H and O–H groups in total. The Morgan fingerprint density at radius 2 is 1.67 bits per heavy atom. The number of piperazine rings is 1. The average Bonchev–Trinajstić information content (AvgIpc) is 3.05. The molecule has 3 rings (SSSR count). The molecule has 1 aliphatic rings. The summed E-state index contributed by atoms with van der Waals surface area (Å²) < 4.78 is 65.9. The van der Waals surface area contributed by atoms with Crippen LogP contribution in [0.4, 0.5) is 13.2 Å². The van der Waals surface area contributed by atoms with Gasteiger partial charge in [0.15, 0.2) is 5.03 Å². The third kappa shape index (κ3) is 3.17. The van der Waals surface area contributed by atoms with E-state index in [1.807, 2.05) is 0 Å². The first-order chi connectivity index (χ1) is 11.3. The van der Waals surface area contributed by atoms with Gasteiger partial charge in [-0.1, -0.05) is 0 Å². The van der Waals surface area contributed by atoms with Crippen LogP contribution in [0.15, 0.2) is 41.6 Å². The number of nitrogens with one attached hydrogen (secondary N) is 1. The van der Waals surface area contributed by atoms with E-state index in [0.29, 0.717) is 26.2 Å². The number of halogens is 3. The molecule has 6 nitrogen and oxygen atoms in total. The molecule has 1 saturated heterocycles. The number of aromatic nitrogens is 2. The van der Waals surface area contributed by atoms with E-state index in [4.69, 9.17) is 0 Å². The van der Waals surface area contributed by atoms with Crippen molar-refractivity contribution in [3.05, 3.63) is 42.1 Å². The first-order valence-electron chi connectivity index (χ1n) is 7.23. The van der Waals surface area contributed by atoms with Gasteiger partial charge in [0.25, 0.3) is 10.0 Å². The Kier molecular flexibility index (Phi) is 4.37. The van der Waals surface area contributed by atoms with Crippen LogP contribution in [0.1, 0.15) is 5.56 Å². The van der Waals surface area contributed by atoms with E-state index < -0.39 is 21.8 Å². The molecule has 0 unspecified atom stereocenters. The zero-order valence-corrected chi connectivity index (χ0v) is 13.3. The van der Waals surface area contributed by atoms with Crippen molar-refractivity contribution in [2.24, 2.45) is 0 Å². The second-order valence-corrected chi connectivity index (χ2v) is 7.16. The molecule has 0 atom stereocenters. The minimum atomic E-state index is -4.45. The van der Waals surface area contributed by atoms with Crippen LogP contribution in [0.5, 0.6) is 0 Å². The van der Waals surface area contributed by atoms with Crippen LogP contribution in [-0.2, 0) is 16.2 Å². The van der Waals surface area contributed by atoms with Gasteiger partial charge in [-0.05, 0) is 30.3 Å². The van der Waals surface area contributed by atoms with E-state index in [2.05, 4.69) is 10.4 Å². The third-order valence-electron chi connectivity index (χ3n) is 3.73. The van der Waals surface area contributed by atoms with Crippen LogP contribution in [-0.4, -0.2) is 48.7 Å². The number of benzene rings is 1. The summed E-state index contributed by atoms with van der Waals surface area (Å²) in [6.45, 7) is 1.77. The summed E-state index contributed by atoms with van der Waals surface area (Å²) in [5, 5.41) is 6.95. The molecule has 0 spiro atoms. The van der Waals surface area contributed by atoms with Gasteiger partial charge in [-0.3, -0.25) is 0 Å². The maximum atomic E-state index is 12.7. The maximum Gasteiger partial charge on any atom is 0.416 e. The van der Waals surface area contributed by atoms with Crippen molar-refractivity contribution in [3.63, 3.8) is 0 Å². The molecule has 0 amide bonds. The Morgan fingerprint density at radius 3 is 2.25 bits per heavy atom. The maximum absolute atomic E-state index is 12.7. The number of rotatable bonds is 3. The van der Waals surface area contributed by atoms with Gasteiger partial charge < -0.3 is 5.32 Å². The molecule has 1 fully saturated rings. The third-order valence-corrected chi connectivity index (χ3v) is 5.61. The summed E-state index contributed by atoms with van der Waals surface area (Å²) in [5.41, 5.74) is -0.549. The van der Waals surface area contributed by atoms with Crippen molar-refractivity contribution in [2.45, 2.75) is 11.2 Å². The van der Waals surface area contributed by atoms with Crippen LogP contribution in [0.3, 0.4) is 0 Å². The topological polar surface area (TPSA) is 67.2 Å². The lowest BCUT2D eigenvalue weighted by Gasteiger charge is -2.26. The second kappa shape index (κ2) is 6.19. The monoisotopic (exact) mass is 360 g/mol. The SMILES string of the molecule is O=S(=O)(c1ccnn1-c1ccc(C(F)(F)F)cc1)N1CCNCC1. The summed E-state index contributed by atoms with van der Waals surface area (Å²) in [4.78, 5) is 0. The highest BCUT2D eigenvalue weighted by Gasteiger charge is 2.31. The van der Waals surface area contributed by atoms with Gasteiger partial charge in [0.05, 0.1) is 17.4 Å². The van der Waals surface area contributed by atoms with Crippen LogP contribution >= 0.6 is 0 Å². The Morgan fingerprint density at radius 1 is 1.04 bits per heavy atom. The zero-order chi connectivity index (χ0) is 17.4. The molecule has 1 aromatic heterocycles. The van der Waals surface area contributed by atoms with Crippen molar-refractivity contribution in [3.8, 4) is 5.69 Å². The highest BCUT2D eigenvalue weighted by molar-refractivity contribution is 7.89. The lowest BCUT2D eigenvalue weighted by Crippen LogP contribution is -2.46. The first kappa shape index (κ1) is 16.9. The summed E-state index contributed by atoms with van der Waals surface area (Å²) in [7, 11) is -3.76. The summed E-state index contributed by atoms with van der Waals surface area (Å²) in [5.74, 6) is 0. The standard InChI is InChI=1S/C14H15F3N4O2S/c15-14(16,17)11-1-3-12(4-2-11)21-13(5-6-19-21)24(22,23)20-9-7-18-8-10-20/h1-6,18H,7-10H2. The largest absolute Gasteiger partial charge is 0.416 e. The predicted octanol–water partition coefficient (Wildman–Crippen LogP) is 1.48. The van der Waals surface area contributed by atoms with Gasteiger partial charge in [-0.25, -0.2) is 13.1 Å². The van der Waals surface area contributed by atoms with Crippen LogP contribution < -0.4 is 5.32 Å². The lowest BCUT2D eigenvalue weighted by molar-refractivity contribution is -0.137. The molecule has 0 saturated carbocycles. The number of alkyl halides is 3. The highest BCUT2D eigenvalue weighted by Crippen LogP contribution is 2.30. The molecule has 2 heterocycles. The summed E-state index contributed by atoms with van der Waals surface area (Å²) in [6.07, 6.45) is -3.13. The van der Waals surface area contributed by atoms with Crippen molar-refractivity contribution < 1.29 is 21.6 Å². The molecule has 1 aromatic carbocycles.